The molecule has 3 rings (SSSR count). The number of hydrogen-bond donors (Lipinski definition) is 1. The minimum Gasteiger partial charge on any atom is -0.352 e. The minimum absolute atomic E-state index is 0.144. The molecular formula is C30H33ClF3N3O4S. The van der Waals surface area contributed by atoms with E-state index < -0.39 is 46.2 Å². The van der Waals surface area contributed by atoms with E-state index in [1.54, 1.807) is 50.2 Å². The summed E-state index contributed by atoms with van der Waals surface area (Å²) in [5.74, 6) is -1.29. The first-order valence-corrected chi connectivity index (χ1v) is 15.1. The third-order valence-electron chi connectivity index (χ3n) is 6.82. The van der Waals surface area contributed by atoms with Gasteiger partial charge < -0.3 is 10.2 Å². The molecule has 0 aromatic heterocycles. The molecule has 12 heteroatoms. The average molecular weight is 624 g/mol. The number of aryl methyl sites for hydroxylation is 1. The molecule has 0 unspecified atom stereocenters. The van der Waals surface area contributed by atoms with Gasteiger partial charge in [0.2, 0.25) is 11.8 Å². The van der Waals surface area contributed by atoms with Gasteiger partial charge in [0.05, 0.1) is 16.1 Å². The second-order valence-electron chi connectivity index (χ2n) is 9.98. The molecule has 3 aromatic carbocycles. The van der Waals surface area contributed by atoms with Crippen LogP contribution in [0.25, 0.3) is 0 Å². The lowest BCUT2D eigenvalue weighted by Crippen LogP contribution is -2.52. The van der Waals surface area contributed by atoms with Gasteiger partial charge in [-0.15, -0.1) is 0 Å². The number of nitrogens with one attached hydrogen (secondary N) is 1. The zero-order valence-corrected chi connectivity index (χ0v) is 25.2. The van der Waals surface area contributed by atoms with E-state index in [0.717, 1.165) is 17.7 Å². The third kappa shape index (κ3) is 8.04. The maximum atomic E-state index is 13.9. The summed E-state index contributed by atoms with van der Waals surface area (Å²) in [4.78, 5) is 28.0. The van der Waals surface area contributed by atoms with Gasteiger partial charge in [0.25, 0.3) is 10.0 Å². The molecule has 42 heavy (non-hydrogen) atoms. The van der Waals surface area contributed by atoms with Crippen molar-refractivity contribution in [3.05, 3.63) is 94.5 Å². The number of carbonyl (C=O) groups excluding carboxylic acids is 2. The Labute approximate surface area is 249 Å². The van der Waals surface area contributed by atoms with E-state index in [0.29, 0.717) is 27.4 Å². The standard InChI is InChI=1S/C30H33ClF3N3O4S/c1-5-21(3)35-29(39)22(4)36(18-23-9-6-7-12-27(23)31)28(38)19-37(25-11-8-10-24(17-25)30(32,33)34)42(40,41)26-15-13-20(2)14-16-26/h6-17,21-22H,5,18-19H2,1-4H3,(H,35,39)/t21-,22+/m1/s1. The number of carbonyl (C=O) groups is 2. The molecule has 0 aliphatic rings. The molecule has 0 aliphatic carbocycles. The summed E-state index contributed by atoms with van der Waals surface area (Å²) >= 11 is 6.34. The van der Waals surface area contributed by atoms with Gasteiger partial charge in [-0.2, -0.15) is 13.2 Å². The first kappa shape index (κ1) is 32.9. The summed E-state index contributed by atoms with van der Waals surface area (Å²) < 4.78 is 69.1. The van der Waals surface area contributed by atoms with Gasteiger partial charge in [-0.25, -0.2) is 8.42 Å². The Balaban J connectivity index is 2.10. The molecule has 0 bridgehead atoms. The molecular weight excluding hydrogens is 591 g/mol. The summed E-state index contributed by atoms with van der Waals surface area (Å²) in [6.45, 7) is 5.91. The highest BCUT2D eigenvalue weighted by Gasteiger charge is 2.35. The largest absolute Gasteiger partial charge is 0.416 e. The lowest BCUT2D eigenvalue weighted by Gasteiger charge is -2.32. The summed E-state index contributed by atoms with van der Waals surface area (Å²) in [6, 6.07) is 14.9. The van der Waals surface area contributed by atoms with E-state index in [2.05, 4.69) is 5.32 Å². The van der Waals surface area contributed by atoms with Gasteiger partial charge in [0.15, 0.2) is 0 Å². The van der Waals surface area contributed by atoms with E-state index in [1.165, 1.54) is 30.0 Å². The molecule has 0 aliphatic heterocycles. The van der Waals surface area contributed by atoms with Crippen LogP contribution in [0.1, 0.15) is 43.9 Å². The number of amides is 2. The van der Waals surface area contributed by atoms with Gasteiger partial charge in [0.1, 0.15) is 12.6 Å². The lowest BCUT2D eigenvalue weighted by molar-refractivity contribution is -0.139. The Morgan fingerprint density at radius 2 is 1.62 bits per heavy atom. The Bertz CT molecular complexity index is 1510. The number of nitrogens with zero attached hydrogens (tertiary/aromatic N) is 2. The Hall–Kier alpha value is -3.57. The molecule has 7 nitrogen and oxygen atoms in total. The fourth-order valence-electron chi connectivity index (χ4n) is 4.06. The SMILES string of the molecule is CC[C@@H](C)NC(=O)[C@H](C)N(Cc1ccccc1Cl)C(=O)CN(c1cccc(C(F)(F)F)c1)S(=O)(=O)c1ccc(C)cc1. The van der Waals surface area contributed by atoms with Gasteiger partial charge in [0, 0.05) is 17.6 Å². The van der Waals surface area contributed by atoms with Crippen LogP contribution in [0, 0.1) is 6.92 Å². The van der Waals surface area contributed by atoms with Crippen molar-refractivity contribution >= 4 is 39.1 Å². The van der Waals surface area contributed by atoms with Crippen molar-refractivity contribution in [3.8, 4) is 0 Å². The van der Waals surface area contributed by atoms with Crippen LogP contribution in [0.2, 0.25) is 5.02 Å². The van der Waals surface area contributed by atoms with Crippen LogP contribution in [-0.4, -0.2) is 43.8 Å². The average Bonchev–Trinajstić information content (AvgIpc) is 2.94. The number of rotatable bonds is 11. The van der Waals surface area contributed by atoms with Crippen molar-refractivity contribution in [2.75, 3.05) is 10.8 Å². The first-order valence-electron chi connectivity index (χ1n) is 13.2. The number of halogens is 4. The molecule has 226 valence electrons. The molecule has 0 spiro atoms. The number of anilines is 1. The predicted molar refractivity (Wildman–Crippen MR) is 157 cm³/mol. The summed E-state index contributed by atoms with van der Waals surface area (Å²) in [5, 5.41) is 3.14. The summed E-state index contributed by atoms with van der Waals surface area (Å²) in [5.41, 5.74) is -0.163. The van der Waals surface area contributed by atoms with Crippen LogP contribution in [-0.2, 0) is 32.3 Å². The van der Waals surface area contributed by atoms with Crippen LogP contribution in [0.15, 0.2) is 77.7 Å². The topological polar surface area (TPSA) is 86.8 Å². The number of benzene rings is 3. The monoisotopic (exact) mass is 623 g/mol. The molecule has 2 amide bonds. The lowest BCUT2D eigenvalue weighted by atomic mass is 10.1. The highest BCUT2D eigenvalue weighted by atomic mass is 35.5. The predicted octanol–water partition coefficient (Wildman–Crippen LogP) is 6.19. The second kappa shape index (κ2) is 13.6. The zero-order valence-electron chi connectivity index (χ0n) is 23.7. The zero-order chi connectivity index (χ0) is 31.2. The van der Waals surface area contributed by atoms with E-state index in [4.69, 9.17) is 11.6 Å². The van der Waals surface area contributed by atoms with Crippen molar-refractivity contribution in [1.82, 2.24) is 10.2 Å². The van der Waals surface area contributed by atoms with Crippen LogP contribution >= 0.6 is 11.6 Å². The number of sulfonamides is 1. The van der Waals surface area contributed by atoms with Crippen molar-refractivity contribution in [2.45, 2.75) is 63.8 Å². The van der Waals surface area contributed by atoms with Crippen LogP contribution in [0.3, 0.4) is 0 Å². The van der Waals surface area contributed by atoms with E-state index in [1.807, 2.05) is 6.92 Å². The second-order valence-corrected chi connectivity index (χ2v) is 12.2. The van der Waals surface area contributed by atoms with Gasteiger partial charge in [-0.3, -0.25) is 13.9 Å². The van der Waals surface area contributed by atoms with E-state index in [-0.39, 0.29) is 23.2 Å². The number of hydrogen-bond acceptors (Lipinski definition) is 4. The fourth-order valence-corrected chi connectivity index (χ4v) is 5.66. The molecule has 0 saturated heterocycles. The van der Waals surface area contributed by atoms with Crippen LogP contribution in [0.5, 0.6) is 0 Å². The highest BCUT2D eigenvalue weighted by Crippen LogP contribution is 2.33. The maximum Gasteiger partial charge on any atom is 0.416 e. The van der Waals surface area contributed by atoms with Crippen molar-refractivity contribution in [3.63, 3.8) is 0 Å². The molecule has 3 aromatic rings. The molecule has 0 saturated carbocycles. The normalized spacial score (nSPS) is 13.2. The van der Waals surface area contributed by atoms with E-state index >= 15 is 0 Å². The van der Waals surface area contributed by atoms with E-state index in [9.17, 15) is 31.2 Å². The highest BCUT2D eigenvalue weighted by molar-refractivity contribution is 7.92. The third-order valence-corrected chi connectivity index (χ3v) is 8.97. The summed E-state index contributed by atoms with van der Waals surface area (Å²) in [7, 11) is -4.52. The number of alkyl halides is 3. The first-order chi connectivity index (χ1) is 19.6. The quantitative estimate of drug-likeness (QED) is 0.276. The fraction of sp³-hybridized carbons (Fsp3) is 0.333. The van der Waals surface area contributed by atoms with Crippen LogP contribution < -0.4 is 9.62 Å². The molecule has 1 N–H and O–H groups in total. The Morgan fingerprint density at radius 3 is 2.21 bits per heavy atom. The smallest absolute Gasteiger partial charge is 0.352 e. The summed E-state index contributed by atoms with van der Waals surface area (Å²) in [6.07, 6.45) is -4.12. The van der Waals surface area contributed by atoms with Gasteiger partial charge in [-0.1, -0.05) is 60.5 Å². The Morgan fingerprint density at radius 1 is 0.976 bits per heavy atom. The minimum atomic E-state index is -4.75. The molecule has 0 fully saturated rings. The molecule has 2 atom stereocenters. The van der Waals surface area contributed by atoms with Crippen molar-refractivity contribution < 1.29 is 31.2 Å². The Kier molecular flexibility index (Phi) is 10.7. The van der Waals surface area contributed by atoms with Crippen molar-refractivity contribution in [1.29, 1.82) is 0 Å². The van der Waals surface area contributed by atoms with Crippen molar-refractivity contribution in [2.24, 2.45) is 0 Å². The molecule has 0 radical (unpaired) electrons. The van der Waals surface area contributed by atoms with Gasteiger partial charge >= 0.3 is 6.18 Å². The maximum absolute atomic E-state index is 13.9. The van der Waals surface area contributed by atoms with Crippen LogP contribution in [0.4, 0.5) is 18.9 Å². The molecule has 0 heterocycles. The van der Waals surface area contributed by atoms with Gasteiger partial charge in [-0.05, 0) is 69.2 Å².